The number of nitrogens with one attached hydrogen (secondary N) is 1. The fourth-order valence-electron chi connectivity index (χ4n) is 1.66. The molecule has 0 spiro atoms. The third-order valence-electron chi connectivity index (χ3n) is 4.17. The van der Waals surface area contributed by atoms with E-state index in [1.165, 1.54) is 15.0 Å². The van der Waals surface area contributed by atoms with E-state index in [1.54, 1.807) is 0 Å². The number of hydrogen-bond donors (Lipinski definition) is 1. The van der Waals surface area contributed by atoms with Crippen LogP contribution in [-0.2, 0) is 4.53 Å². The Bertz CT molecular complexity index is 552. The first-order valence-electron chi connectivity index (χ1n) is 7.13. The molecule has 1 atom stereocenters. The van der Waals surface area contributed by atoms with E-state index >= 15 is 0 Å². The van der Waals surface area contributed by atoms with Gasteiger partial charge < -0.3 is 4.53 Å². The zero-order valence-electron chi connectivity index (χ0n) is 13.3. The van der Waals surface area contributed by atoms with Gasteiger partial charge in [0.1, 0.15) is 0 Å². The summed E-state index contributed by atoms with van der Waals surface area (Å²) in [5.41, 5.74) is 3.28. The van der Waals surface area contributed by atoms with Gasteiger partial charge in [0.05, 0.1) is 6.04 Å². The van der Waals surface area contributed by atoms with Gasteiger partial charge in [-0.2, -0.15) is 0 Å². The summed E-state index contributed by atoms with van der Waals surface area (Å²) >= 11 is 1.84. The molecule has 0 saturated heterocycles. The number of thiophene rings is 1. The zero-order chi connectivity index (χ0) is 15.0. The Morgan fingerprint density at radius 2 is 1.85 bits per heavy atom. The quantitative estimate of drug-likeness (QED) is 0.596. The smallest absolute Gasteiger partial charge is 0.219 e. The molecule has 0 radical (unpaired) electrons. The Balaban J connectivity index is 2.07. The summed E-state index contributed by atoms with van der Waals surface area (Å²) in [7, 11) is -1.75. The van der Waals surface area contributed by atoms with Crippen molar-refractivity contribution in [3.05, 3.63) is 35.2 Å². The first kappa shape index (κ1) is 15.7. The van der Waals surface area contributed by atoms with Crippen LogP contribution in [0.5, 0.6) is 0 Å². The van der Waals surface area contributed by atoms with Gasteiger partial charge in [-0.3, -0.25) is 0 Å². The Morgan fingerprint density at radius 1 is 1.20 bits per heavy atom. The van der Waals surface area contributed by atoms with E-state index in [2.05, 4.69) is 76.6 Å². The molecular weight excluding hydrogens is 282 g/mol. The number of benzene rings is 1. The normalized spacial score (nSPS) is 14.7. The van der Waals surface area contributed by atoms with Crippen LogP contribution in [0.2, 0.25) is 18.1 Å². The van der Waals surface area contributed by atoms with Crippen molar-refractivity contribution in [1.82, 2.24) is 5.48 Å². The van der Waals surface area contributed by atoms with Gasteiger partial charge in [0.25, 0.3) is 0 Å². The van der Waals surface area contributed by atoms with Gasteiger partial charge in [-0.25, -0.2) is 5.48 Å². The van der Waals surface area contributed by atoms with Crippen LogP contribution in [0.3, 0.4) is 0 Å². The Morgan fingerprint density at radius 3 is 2.45 bits per heavy atom. The highest BCUT2D eigenvalue weighted by atomic mass is 32.1. The molecule has 2 aromatic rings. The fraction of sp³-hybridized carbons (Fsp3) is 0.500. The maximum absolute atomic E-state index is 6.10. The molecule has 1 heterocycles. The molecule has 0 aliphatic rings. The van der Waals surface area contributed by atoms with E-state index < -0.39 is 8.32 Å². The van der Waals surface area contributed by atoms with E-state index in [9.17, 15) is 0 Å². The van der Waals surface area contributed by atoms with Gasteiger partial charge in [0.2, 0.25) is 8.32 Å². The molecule has 0 fully saturated rings. The van der Waals surface area contributed by atoms with Gasteiger partial charge >= 0.3 is 0 Å². The number of hydrogen-bond acceptors (Lipinski definition) is 3. The van der Waals surface area contributed by atoms with Gasteiger partial charge in [-0.05, 0) is 42.6 Å². The maximum Gasteiger partial charge on any atom is 0.219 e. The molecular formula is C16H25NOSSi. The summed E-state index contributed by atoms with van der Waals surface area (Å²) in [5, 5.41) is 1.54. The third kappa shape index (κ3) is 3.31. The average molecular weight is 308 g/mol. The second-order valence-corrected chi connectivity index (χ2v) is 12.7. The van der Waals surface area contributed by atoms with Gasteiger partial charge in [0, 0.05) is 9.58 Å². The average Bonchev–Trinajstić information content (AvgIpc) is 2.78. The van der Waals surface area contributed by atoms with Crippen LogP contribution in [-0.4, -0.2) is 8.32 Å². The lowest BCUT2D eigenvalue weighted by Crippen LogP contribution is -2.45. The third-order valence-corrected chi connectivity index (χ3v) is 9.71. The van der Waals surface area contributed by atoms with Crippen molar-refractivity contribution in [1.29, 1.82) is 0 Å². The molecule has 0 amide bonds. The molecule has 0 saturated carbocycles. The summed E-state index contributed by atoms with van der Waals surface area (Å²) in [6, 6.07) is 11.0. The molecule has 0 aliphatic heterocycles. The Hall–Kier alpha value is -0.683. The second-order valence-electron chi connectivity index (χ2n) is 6.89. The molecule has 1 aromatic carbocycles. The predicted octanol–water partition coefficient (Wildman–Crippen LogP) is 5.49. The van der Waals surface area contributed by atoms with Crippen LogP contribution in [0, 0.1) is 0 Å². The second kappa shape index (κ2) is 5.60. The number of rotatable bonds is 4. The summed E-state index contributed by atoms with van der Waals surface area (Å²) in [6.07, 6.45) is 0. The number of fused-ring (bicyclic) bond motifs is 1. The van der Waals surface area contributed by atoms with Crippen molar-refractivity contribution >= 4 is 29.7 Å². The molecule has 0 aliphatic carbocycles. The Kier molecular flexibility index (Phi) is 4.40. The topological polar surface area (TPSA) is 21.3 Å². The minimum Gasteiger partial charge on any atom is -0.345 e. The fourth-order valence-corrected chi connectivity index (χ4v) is 3.50. The molecule has 2 rings (SSSR count). The van der Waals surface area contributed by atoms with E-state index in [0.717, 1.165) is 0 Å². The molecule has 110 valence electrons. The lowest BCUT2D eigenvalue weighted by Gasteiger charge is -2.36. The minimum atomic E-state index is -1.75. The highest BCUT2D eigenvalue weighted by molar-refractivity contribution is 7.19. The van der Waals surface area contributed by atoms with Crippen molar-refractivity contribution in [2.45, 2.75) is 51.9 Å². The maximum atomic E-state index is 6.10. The molecule has 0 bridgehead atoms. The summed E-state index contributed by atoms with van der Waals surface area (Å²) in [5.74, 6) is 0. The van der Waals surface area contributed by atoms with E-state index in [4.69, 9.17) is 4.53 Å². The molecule has 1 unspecified atom stereocenters. The summed E-state index contributed by atoms with van der Waals surface area (Å²) in [4.78, 5) is 1.32. The van der Waals surface area contributed by atoms with E-state index in [-0.39, 0.29) is 11.1 Å². The van der Waals surface area contributed by atoms with E-state index in [1.807, 2.05) is 11.3 Å². The molecule has 2 nitrogen and oxygen atoms in total. The molecule has 20 heavy (non-hydrogen) atoms. The van der Waals surface area contributed by atoms with Gasteiger partial charge in [0.15, 0.2) is 0 Å². The highest BCUT2D eigenvalue weighted by Gasteiger charge is 2.38. The standard InChI is InChI=1S/C16H25NOSSi/c1-12(17-18-20(5,6)16(2,3)4)15-11-13-9-7-8-10-14(13)19-15/h7-12,17H,1-6H3. The largest absolute Gasteiger partial charge is 0.345 e. The van der Waals surface area contributed by atoms with Crippen molar-refractivity contribution < 1.29 is 4.53 Å². The monoisotopic (exact) mass is 307 g/mol. The number of hydroxylamine groups is 1. The van der Waals surface area contributed by atoms with Crippen molar-refractivity contribution in [3.63, 3.8) is 0 Å². The summed E-state index contributed by atoms with van der Waals surface area (Å²) in [6.45, 7) is 13.5. The van der Waals surface area contributed by atoms with Gasteiger partial charge in [-0.1, -0.05) is 39.0 Å². The first-order chi connectivity index (χ1) is 9.21. The highest BCUT2D eigenvalue weighted by Crippen LogP contribution is 2.37. The van der Waals surface area contributed by atoms with Gasteiger partial charge in [-0.15, -0.1) is 11.3 Å². The summed E-state index contributed by atoms with van der Waals surface area (Å²) < 4.78 is 7.44. The molecule has 1 aromatic heterocycles. The zero-order valence-corrected chi connectivity index (χ0v) is 15.1. The lowest BCUT2D eigenvalue weighted by atomic mass is 10.2. The molecule has 1 N–H and O–H groups in total. The predicted molar refractivity (Wildman–Crippen MR) is 91.7 cm³/mol. The first-order valence-corrected chi connectivity index (χ1v) is 10.9. The van der Waals surface area contributed by atoms with Crippen molar-refractivity contribution in [2.24, 2.45) is 0 Å². The van der Waals surface area contributed by atoms with Crippen LogP contribution in [0.15, 0.2) is 30.3 Å². The SMILES string of the molecule is CC(NO[Si](C)(C)C(C)(C)C)c1cc2ccccc2s1. The van der Waals surface area contributed by atoms with Crippen molar-refractivity contribution in [3.8, 4) is 0 Å². The van der Waals surface area contributed by atoms with Crippen LogP contribution in [0.4, 0.5) is 0 Å². The Labute approximate surface area is 127 Å². The van der Waals surface area contributed by atoms with Crippen LogP contribution in [0.25, 0.3) is 10.1 Å². The van der Waals surface area contributed by atoms with Crippen molar-refractivity contribution in [2.75, 3.05) is 0 Å². The van der Waals surface area contributed by atoms with Crippen LogP contribution < -0.4 is 5.48 Å². The van der Waals surface area contributed by atoms with Crippen LogP contribution >= 0.6 is 11.3 Å². The molecule has 4 heteroatoms. The van der Waals surface area contributed by atoms with E-state index in [0.29, 0.717) is 0 Å². The minimum absolute atomic E-state index is 0.222. The van der Waals surface area contributed by atoms with Crippen LogP contribution in [0.1, 0.15) is 38.6 Å². The lowest BCUT2D eigenvalue weighted by molar-refractivity contribution is 0.143.